The molecular weight excluding hydrogens is 274 g/mol. The number of nitrogens with zero attached hydrogens (tertiary/aromatic N) is 1. The normalized spacial score (nSPS) is 11.4. The molecule has 0 aliphatic carbocycles. The van der Waals surface area contributed by atoms with Gasteiger partial charge in [-0.15, -0.1) is 0 Å². The first-order valence-corrected chi connectivity index (χ1v) is 7.14. The maximum Gasteiger partial charge on any atom is 0.246 e. The fraction of sp³-hybridized carbons (Fsp3) is 0.222. The van der Waals surface area contributed by atoms with Crippen LogP contribution >= 0.6 is 0 Å². The molecule has 2 rings (SSSR count). The molecule has 0 heterocycles. The predicted molar refractivity (Wildman–Crippen MR) is 88.8 cm³/mol. The van der Waals surface area contributed by atoms with Crippen LogP contribution in [0.2, 0.25) is 0 Å². The third kappa shape index (κ3) is 3.86. The van der Waals surface area contributed by atoms with Crippen LogP contribution in [0.25, 0.3) is 0 Å². The molecule has 4 heteroatoms. The molecule has 1 atom stereocenters. The minimum atomic E-state index is -0.382. The number of nitriles is 1. The maximum atomic E-state index is 12.2. The number of anilines is 2. The molecule has 0 aliphatic heterocycles. The van der Waals surface area contributed by atoms with Crippen LogP contribution in [0.5, 0.6) is 0 Å². The van der Waals surface area contributed by atoms with Crippen molar-refractivity contribution in [2.45, 2.75) is 26.8 Å². The molecule has 0 aromatic heterocycles. The number of hydrogen-bond acceptors (Lipinski definition) is 3. The number of benzene rings is 2. The first-order valence-electron chi connectivity index (χ1n) is 7.14. The van der Waals surface area contributed by atoms with E-state index in [0.717, 1.165) is 11.3 Å². The van der Waals surface area contributed by atoms with Gasteiger partial charge in [0.15, 0.2) is 0 Å². The van der Waals surface area contributed by atoms with Gasteiger partial charge in [-0.3, -0.25) is 4.79 Å². The monoisotopic (exact) mass is 293 g/mol. The van der Waals surface area contributed by atoms with Gasteiger partial charge in [0.2, 0.25) is 5.91 Å². The molecule has 0 saturated heterocycles. The zero-order valence-corrected chi connectivity index (χ0v) is 13.0. The Kier molecular flexibility index (Phi) is 4.80. The molecular formula is C18H19N3O. The SMILES string of the molecule is Cc1ccc(NC(C)C(=O)Nc2cccc(C#N)c2)c(C)c1. The van der Waals surface area contributed by atoms with Gasteiger partial charge in [0.05, 0.1) is 11.6 Å². The van der Waals surface area contributed by atoms with Crippen molar-refractivity contribution in [2.24, 2.45) is 0 Å². The van der Waals surface area contributed by atoms with Crippen LogP contribution in [-0.2, 0) is 4.79 Å². The molecule has 2 aromatic carbocycles. The van der Waals surface area contributed by atoms with Crippen LogP contribution in [0.4, 0.5) is 11.4 Å². The van der Waals surface area contributed by atoms with Crippen molar-refractivity contribution in [3.8, 4) is 6.07 Å². The Labute approximate surface area is 130 Å². The standard InChI is InChI=1S/C18H19N3O/c1-12-7-8-17(13(2)9-12)20-14(3)18(22)21-16-6-4-5-15(10-16)11-19/h4-10,14,20H,1-3H3,(H,21,22). The summed E-state index contributed by atoms with van der Waals surface area (Å²) in [7, 11) is 0. The fourth-order valence-corrected chi connectivity index (χ4v) is 2.19. The summed E-state index contributed by atoms with van der Waals surface area (Å²) in [5, 5.41) is 14.9. The van der Waals surface area contributed by atoms with Crippen LogP contribution in [0.3, 0.4) is 0 Å². The third-order valence-corrected chi connectivity index (χ3v) is 3.41. The molecule has 0 saturated carbocycles. The van der Waals surface area contributed by atoms with Gasteiger partial charge in [0, 0.05) is 11.4 Å². The average Bonchev–Trinajstić information content (AvgIpc) is 2.50. The summed E-state index contributed by atoms with van der Waals surface area (Å²) < 4.78 is 0. The van der Waals surface area contributed by atoms with Gasteiger partial charge in [-0.25, -0.2) is 0 Å². The number of aryl methyl sites for hydroxylation is 2. The molecule has 0 fully saturated rings. The van der Waals surface area contributed by atoms with Crippen molar-refractivity contribution < 1.29 is 4.79 Å². The van der Waals surface area contributed by atoms with Gasteiger partial charge in [-0.1, -0.05) is 23.8 Å². The van der Waals surface area contributed by atoms with Crippen molar-refractivity contribution in [2.75, 3.05) is 10.6 Å². The largest absolute Gasteiger partial charge is 0.374 e. The van der Waals surface area contributed by atoms with E-state index < -0.39 is 0 Å². The zero-order valence-electron chi connectivity index (χ0n) is 13.0. The zero-order chi connectivity index (χ0) is 16.1. The van der Waals surface area contributed by atoms with E-state index in [-0.39, 0.29) is 11.9 Å². The molecule has 2 aromatic rings. The number of carbonyl (C=O) groups excluding carboxylic acids is 1. The van der Waals surface area contributed by atoms with E-state index in [1.54, 1.807) is 24.3 Å². The number of rotatable bonds is 4. The second kappa shape index (κ2) is 6.77. The number of amides is 1. The Morgan fingerprint density at radius 1 is 1.18 bits per heavy atom. The van der Waals surface area contributed by atoms with E-state index in [1.807, 2.05) is 32.9 Å². The predicted octanol–water partition coefficient (Wildman–Crippen LogP) is 3.61. The molecule has 0 radical (unpaired) electrons. The molecule has 22 heavy (non-hydrogen) atoms. The molecule has 1 unspecified atom stereocenters. The summed E-state index contributed by atoms with van der Waals surface area (Å²) in [6.07, 6.45) is 0. The van der Waals surface area contributed by atoms with Crippen molar-refractivity contribution in [3.05, 3.63) is 59.2 Å². The number of nitrogens with one attached hydrogen (secondary N) is 2. The highest BCUT2D eigenvalue weighted by molar-refractivity contribution is 5.96. The Bertz CT molecular complexity index is 731. The number of carbonyl (C=O) groups is 1. The van der Waals surface area contributed by atoms with E-state index in [2.05, 4.69) is 22.8 Å². The summed E-state index contributed by atoms with van der Waals surface area (Å²) in [5.41, 5.74) is 4.38. The molecule has 0 bridgehead atoms. The minimum absolute atomic E-state index is 0.143. The Balaban J connectivity index is 2.04. The lowest BCUT2D eigenvalue weighted by molar-refractivity contribution is -0.116. The molecule has 112 valence electrons. The van der Waals surface area contributed by atoms with Crippen molar-refractivity contribution in [1.29, 1.82) is 5.26 Å². The first-order chi connectivity index (χ1) is 10.5. The van der Waals surface area contributed by atoms with Gasteiger partial charge < -0.3 is 10.6 Å². The summed E-state index contributed by atoms with van der Waals surface area (Å²) >= 11 is 0. The molecule has 0 spiro atoms. The topological polar surface area (TPSA) is 64.9 Å². The number of hydrogen-bond donors (Lipinski definition) is 2. The summed E-state index contributed by atoms with van der Waals surface area (Å²) in [4.78, 5) is 12.2. The lowest BCUT2D eigenvalue weighted by Crippen LogP contribution is -2.32. The van der Waals surface area contributed by atoms with Crippen LogP contribution in [-0.4, -0.2) is 11.9 Å². The highest BCUT2D eigenvalue weighted by atomic mass is 16.2. The fourth-order valence-electron chi connectivity index (χ4n) is 2.19. The molecule has 1 amide bonds. The smallest absolute Gasteiger partial charge is 0.246 e. The Hall–Kier alpha value is -2.80. The minimum Gasteiger partial charge on any atom is -0.374 e. The first kappa shape index (κ1) is 15.6. The lowest BCUT2D eigenvalue weighted by Gasteiger charge is -2.17. The van der Waals surface area contributed by atoms with Crippen molar-refractivity contribution in [3.63, 3.8) is 0 Å². The lowest BCUT2D eigenvalue weighted by atomic mass is 10.1. The van der Waals surface area contributed by atoms with Gasteiger partial charge in [0.25, 0.3) is 0 Å². The van der Waals surface area contributed by atoms with Gasteiger partial charge in [0.1, 0.15) is 6.04 Å². The summed E-state index contributed by atoms with van der Waals surface area (Å²) in [6, 6.07) is 14.6. The third-order valence-electron chi connectivity index (χ3n) is 3.41. The van der Waals surface area contributed by atoms with Crippen molar-refractivity contribution >= 4 is 17.3 Å². The second-order valence-corrected chi connectivity index (χ2v) is 5.37. The van der Waals surface area contributed by atoms with Crippen molar-refractivity contribution in [1.82, 2.24) is 0 Å². The van der Waals surface area contributed by atoms with E-state index in [0.29, 0.717) is 11.3 Å². The van der Waals surface area contributed by atoms with Crippen LogP contribution in [0, 0.1) is 25.2 Å². The van der Waals surface area contributed by atoms with Crippen LogP contribution < -0.4 is 10.6 Å². The van der Waals surface area contributed by atoms with E-state index in [9.17, 15) is 4.79 Å². The highest BCUT2D eigenvalue weighted by Crippen LogP contribution is 2.17. The quantitative estimate of drug-likeness (QED) is 0.905. The van der Waals surface area contributed by atoms with E-state index in [1.165, 1.54) is 5.56 Å². The van der Waals surface area contributed by atoms with E-state index in [4.69, 9.17) is 5.26 Å². The average molecular weight is 293 g/mol. The van der Waals surface area contributed by atoms with Crippen LogP contribution in [0.1, 0.15) is 23.6 Å². The highest BCUT2D eigenvalue weighted by Gasteiger charge is 2.13. The molecule has 0 aliphatic rings. The van der Waals surface area contributed by atoms with E-state index >= 15 is 0 Å². The van der Waals surface area contributed by atoms with Gasteiger partial charge in [-0.2, -0.15) is 5.26 Å². The Morgan fingerprint density at radius 2 is 1.95 bits per heavy atom. The summed E-state index contributed by atoms with van der Waals surface area (Å²) in [5.74, 6) is -0.143. The molecule has 2 N–H and O–H groups in total. The van der Waals surface area contributed by atoms with Crippen LogP contribution in [0.15, 0.2) is 42.5 Å². The van der Waals surface area contributed by atoms with Gasteiger partial charge >= 0.3 is 0 Å². The summed E-state index contributed by atoms with van der Waals surface area (Å²) in [6.45, 7) is 5.86. The molecule has 4 nitrogen and oxygen atoms in total. The Morgan fingerprint density at radius 3 is 2.64 bits per heavy atom. The van der Waals surface area contributed by atoms with Gasteiger partial charge in [-0.05, 0) is 50.6 Å². The second-order valence-electron chi connectivity index (χ2n) is 5.37. The maximum absolute atomic E-state index is 12.2.